The van der Waals surface area contributed by atoms with Crippen LogP contribution in [0.2, 0.25) is 5.28 Å². The molecule has 1 aromatic rings. The van der Waals surface area contributed by atoms with Gasteiger partial charge in [0.15, 0.2) is 0 Å². The maximum atomic E-state index is 10.7. The summed E-state index contributed by atoms with van der Waals surface area (Å²) >= 11 is 5.57. The van der Waals surface area contributed by atoms with Gasteiger partial charge in [0.1, 0.15) is 6.20 Å². The van der Waals surface area contributed by atoms with Crippen LogP contribution in [0.15, 0.2) is 6.20 Å². The van der Waals surface area contributed by atoms with Crippen LogP contribution in [-0.4, -0.2) is 32.1 Å². The van der Waals surface area contributed by atoms with Crippen LogP contribution in [0, 0.1) is 10.1 Å². The summed E-state index contributed by atoms with van der Waals surface area (Å²) in [4.78, 5) is 17.4. The van der Waals surface area contributed by atoms with Crippen molar-refractivity contribution in [2.45, 2.75) is 24.9 Å². The van der Waals surface area contributed by atoms with E-state index < -0.39 is 10.5 Å². The Labute approximate surface area is 102 Å². The zero-order valence-electron chi connectivity index (χ0n) is 8.89. The van der Waals surface area contributed by atoms with E-state index in [2.05, 4.69) is 15.3 Å². The van der Waals surface area contributed by atoms with Gasteiger partial charge in [0.25, 0.3) is 0 Å². The van der Waals surface area contributed by atoms with Crippen LogP contribution in [0.1, 0.15) is 19.3 Å². The number of nitro groups is 1. The minimum atomic E-state index is -0.786. The molecule has 2 N–H and O–H groups in total. The lowest BCUT2D eigenvalue weighted by Gasteiger charge is -2.36. The number of nitrogens with one attached hydrogen (secondary N) is 1. The van der Waals surface area contributed by atoms with Gasteiger partial charge in [-0.25, -0.2) is 4.98 Å². The predicted octanol–water partition coefficient (Wildman–Crippen LogP) is 1.37. The van der Waals surface area contributed by atoms with E-state index in [-0.39, 0.29) is 23.3 Å². The van der Waals surface area contributed by atoms with Crippen molar-refractivity contribution in [3.05, 3.63) is 21.6 Å². The molecule has 0 saturated heterocycles. The lowest BCUT2D eigenvalue weighted by atomic mass is 9.80. The summed E-state index contributed by atoms with van der Waals surface area (Å²) in [6, 6.07) is 0. The number of hydrogen-bond donors (Lipinski definition) is 2. The van der Waals surface area contributed by atoms with Crippen molar-refractivity contribution in [2.75, 3.05) is 11.9 Å². The maximum Gasteiger partial charge on any atom is 0.329 e. The Hall–Kier alpha value is -1.47. The molecule has 0 unspecified atom stereocenters. The van der Waals surface area contributed by atoms with E-state index in [1.54, 1.807) is 0 Å². The third-order valence-corrected chi connectivity index (χ3v) is 2.99. The molecule has 1 aliphatic rings. The number of aromatic nitrogens is 2. The molecule has 0 aromatic carbocycles. The molecular weight excluding hydrogens is 248 g/mol. The largest absolute Gasteiger partial charge is 0.388 e. The molecule has 0 spiro atoms. The summed E-state index contributed by atoms with van der Waals surface area (Å²) in [6.45, 7) is 0.223. The van der Waals surface area contributed by atoms with Gasteiger partial charge in [-0.15, -0.1) is 0 Å². The smallest absolute Gasteiger partial charge is 0.329 e. The average Bonchev–Trinajstić information content (AvgIpc) is 2.23. The minimum absolute atomic E-state index is 0.0373. The van der Waals surface area contributed by atoms with Crippen LogP contribution in [0.4, 0.5) is 11.5 Å². The molecule has 8 heteroatoms. The molecule has 0 bridgehead atoms. The van der Waals surface area contributed by atoms with E-state index in [4.69, 9.17) is 11.6 Å². The summed E-state index contributed by atoms with van der Waals surface area (Å²) in [5, 5.41) is 23.3. The van der Waals surface area contributed by atoms with Gasteiger partial charge >= 0.3 is 5.69 Å². The maximum absolute atomic E-state index is 10.7. The number of rotatable bonds is 4. The van der Waals surface area contributed by atoms with Gasteiger partial charge in [-0.2, -0.15) is 4.98 Å². The molecule has 0 aliphatic heterocycles. The molecule has 0 radical (unpaired) electrons. The monoisotopic (exact) mass is 258 g/mol. The van der Waals surface area contributed by atoms with Gasteiger partial charge in [-0.05, 0) is 30.9 Å². The van der Waals surface area contributed by atoms with Crippen molar-refractivity contribution in [1.29, 1.82) is 0 Å². The van der Waals surface area contributed by atoms with Crippen LogP contribution in [0.3, 0.4) is 0 Å². The molecule has 2 rings (SSSR count). The standard InChI is InChI=1S/C9H11ClN4O3/c10-8-11-4-6(14(16)17)7(13-8)12-5-9(15)2-1-3-9/h4,15H,1-3,5H2,(H,11,12,13). The van der Waals surface area contributed by atoms with Crippen molar-refractivity contribution in [3.63, 3.8) is 0 Å². The summed E-state index contributed by atoms with van der Waals surface area (Å²) in [6.07, 6.45) is 3.38. The fraction of sp³-hybridized carbons (Fsp3) is 0.556. The summed E-state index contributed by atoms with van der Waals surface area (Å²) in [5.41, 5.74) is -1.04. The Morgan fingerprint density at radius 1 is 1.65 bits per heavy atom. The first-order valence-electron chi connectivity index (χ1n) is 5.13. The zero-order chi connectivity index (χ0) is 12.5. The highest BCUT2D eigenvalue weighted by atomic mass is 35.5. The predicted molar refractivity (Wildman–Crippen MR) is 61.0 cm³/mol. The molecule has 1 fully saturated rings. The Morgan fingerprint density at radius 3 is 2.88 bits per heavy atom. The van der Waals surface area contributed by atoms with Crippen molar-refractivity contribution in [1.82, 2.24) is 9.97 Å². The van der Waals surface area contributed by atoms with Crippen molar-refractivity contribution in [2.24, 2.45) is 0 Å². The number of nitrogens with zero attached hydrogens (tertiary/aromatic N) is 3. The molecule has 0 atom stereocenters. The molecule has 17 heavy (non-hydrogen) atoms. The number of halogens is 1. The molecule has 0 amide bonds. The Balaban J connectivity index is 2.13. The number of anilines is 1. The third kappa shape index (κ3) is 2.62. The topological polar surface area (TPSA) is 101 Å². The highest BCUT2D eigenvalue weighted by Crippen LogP contribution is 2.32. The van der Waals surface area contributed by atoms with E-state index >= 15 is 0 Å². The normalized spacial score (nSPS) is 17.3. The summed E-state index contributed by atoms with van der Waals surface area (Å²) < 4.78 is 0. The lowest BCUT2D eigenvalue weighted by Crippen LogP contribution is -2.43. The minimum Gasteiger partial charge on any atom is -0.388 e. The van der Waals surface area contributed by atoms with E-state index in [1.165, 1.54) is 0 Å². The molecule has 1 saturated carbocycles. The fourth-order valence-corrected chi connectivity index (χ4v) is 1.76. The third-order valence-electron chi connectivity index (χ3n) is 2.81. The first-order valence-corrected chi connectivity index (χ1v) is 5.51. The van der Waals surface area contributed by atoms with Gasteiger partial charge in [-0.1, -0.05) is 0 Å². The van der Waals surface area contributed by atoms with Crippen molar-refractivity contribution in [3.8, 4) is 0 Å². The van der Waals surface area contributed by atoms with Gasteiger partial charge < -0.3 is 10.4 Å². The second kappa shape index (κ2) is 4.42. The van der Waals surface area contributed by atoms with E-state index in [9.17, 15) is 15.2 Å². The number of hydrogen-bond acceptors (Lipinski definition) is 6. The lowest BCUT2D eigenvalue weighted by molar-refractivity contribution is -0.384. The fourth-order valence-electron chi connectivity index (χ4n) is 1.63. The quantitative estimate of drug-likeness (QED) is 0.480. The van der Waals surface area contributed by atoms with Crippen molar-refractivity contribution < 1.29 is 10.0 Å². The van der Waals surface area contributed by atoms with Crippen LogP contribution in [0.25, 0.3) is 0 Å². The van der Waals surface area contributed by atoms with E-state index in [1.807, 2.05) is 0 Å². The Bertz CT molecular complexity index is 450. The molecule has 7 nitrogen and oxygen atoms in total. The van der Waals surface area contributed by atoms with Crippen LogP contribution in [0.5, 0.6) is 0 Å². The molecule has 1 heterocycles. The SMILES string of the molecule is O=[N+]([O-])c1cnc(Cl)nc1NCC1(O)CCC1. The highest BCUT2D eigenvalue weighted by Gasteiger charge is 2.34. The van der Waals surface area contributed by atoms with Crippen molar-refractivity contribution >= 4 is 23.1 Å². The number of aliphatic hydroxyl groups is 1. The summed E-state index contributed by atoms with van der Waals surface area (Å²) in [7, 11) is 0. The van der Waals surface area contributed by atoms with Crippen LogP contribution < -0.4 is 5.32 Å². The first-order chi connectivity index (χ1) is 8.00. The Morgan fingerprint density at radius 2 is 2.35 bits per heavy atom. The molecule has 1 aromatic heterocycles. The van der Waals surface area contributed by atoms with E-state index in [0.717, 1.165) is 12.6 Å². The second-order valence-electron chi connectivity index (χ2n) is 4.06. The van der Waals surface area contributed by atoms with Gasteiger partial charge in [-0.3, -0.25) is 10.1 Å². The van der Waals surface area contributed by atoms with Crippen LogP contribution >= 0.6 is 11.6 Å². The second-order valence-corrected chi connectivity index (χ2v) is 4.40. The van der Waals surface area contributed by atoms with Gasteiger partial charge in [0.05, 0.1) is 10.5 Å². The first kappa shape index (κ1) is 12.0. The highest BCUT2D eigenvalue weighted by molar-refractivity contribution is 6.28. The Kier molecular flexibility index (Phi) is 3.12. The molecule has 1 aliphatic carbocycles. The van der Waals surface area contributed by atoms with Gasteiger partial charge in [0, 0.05) is 6.54 Å². The average molecular weight is 259 g/mol. The molecular formula is C9H11ClN4O3. The summed E-state index contributed by atoms with van der Waals surface area (Å²) in [5.74, 6) is 0.0373. The van der Waals surface area contributed by atoms with Gasteiger partial charge in [0.2, 0.25) is 11.1 Å². The van der Waals surface area contributed by atoms with E-state index in [0.29, 0.717) is 12.8 Å². The van der Waals surface area contributed by atoms with Crippen LogP contribution in [-0.2, 0) is 0 Å². The molecule has 92 valence electrons. The zero-order valence-corrected chi connectivity index (χ0v) is 9.65.